The highest BCUT2D eigenvalue weighted by atomic mass is 35.5. The van der Waals surface area contributed by atoms with Crippen LogP contribution in [0, 0.1) is 0 Å². The molecule has 0 atom stereocenters. The average Bonchev–Trinajstić information content (AvgIpc) is 2.83. The van der Waals surface area contributed by atoms with E-state index in [1.165, 1.54) is 30.7 Å². The summed E-state index contributed by atoms with van der Waals surface area (Å²) in [6, 6.07) is 5.82. The van der Waals surface area contributed by atoms with Gasteiger partial charge in [0.1, 0.15) is 0 Å². The van der Waals surface area contributed by atoms with Crippen molar-refractivity contribution in [2.24, 2.45) is 0 Å². The van der Waals surface area contributed by atoms with E-state index in [1.54, 1.807) is 6.07 Å². The Bertz CT molecular complexity index is 638. The second-order valence-corrected chi connectivity index (χ2v) is 6.11. The molecule has 0 spiro atoms. The van der Waals surface area contributed by atoms with Gasteiger partial charge in [-0.2, -0.15) is 0 Å². The predicted octanol–water partition coefficient (Wildman–Crippen LogP) is 3.06. The van der Waals surface area contributed by atoms with Crippen LogP contribution in [0.3, 0.4) is 0 Å². The SMILES string of the molecule is O=S(=O)(NCc1ccoc1)c1ccc(Cl)c(Cl)c1. The van der Waals surface area contributed by atoms with E-state index >= 15 is 0 Å². The van der Waals surface area contributed by atoms with Crippen molar-refractivity contribution in [1.29, 1.82) is 0 Å². The third-order valence-electron chi connectivity index (χ3n) is 2.25. The molecule has 0 fully saturated rings. The Morgan fingerprint density at radius 1 is 1.17 bits per heavy atom. The van der Waals surface area contributed by atoms with Gasteiger partial charge in [0.2, 0.25) is 10.0 Å². The standard InChI is InChI=1S/C11H9Cl2NO3S/c12-10-2-1-9(5-11(10)13)18(15,16)14-6-8-3-4-17-7-8/h1-5,7,14H,6H2. The second kappa shape index (κ2) is 5.32. The number of hydrogen-bond acceptors (Lipinski definition) is 3. The highest BCUT2D eigenvalue weighted by Gasteiger charge is 2.15. The maximum Gasteiger partial charge on any atom is 0.240 e. The van der Waals surface area contributed by atoms with E-state index in [9.17, 15) is 8.42 Å². The van der Waals surface area contributed by atoms with Crippen LogP contribution < -0.4 is 4.72 Å². The van der Waals surface area contributed by atoms with Gasteiger partial charge in [0.25, 0.3) is 0 Å². The van der Waals surface area contributed by atoms with Gasteiger partial charge < -0.3 is 4.42 Å². The zero-order chi connectivity index (χ0) is 13.2. The third kappa shape index (κ3) is 3.05. The Kier molecular flexibility index (Phi) is 3.97. The Balaban J connectivity index is 2.17. The molecule has 18 heavy (non-hydrogen) atoms. The van der Waals surface area contributed by atoms with Crippen LogP contribution in [-0.4, -0.2) is 8.42 Å². The summed E-state index contributed by atoms with van der Waals surface area (Å²) in [6.07, 6.45) is 2.94. The van der Waals surface area contributed by atoms with Crippen LogP contribution in [0.1, 0.15) is 5.56 Å². The summed E-state index contributed by atoms with van der Waals surface area (Å²) >= 11 is 11.5. The molecule has 1 N–H and O–H groups in total. The lowest BCUT2D eigenvalue weighted by atomic mass is 10.4. The van der Waals surface area contributed by atoms with Crippen molar-refractivity contribution in [1.82, 2.24) is 4.72 Å². The zero-order valence-corrected chi connectivity index (χ0v) is 11.4. The fourth-order valence-corrected chi connectivity index (χ4v) is 2.71. The smallest absolute Gasteiger partial charge is 0.240 e. The Morgan fingerprint density at radius 2 is 1.94 bits per heavy atom. The average molecular weight is 306 g/mol. The molecule has 2 rings (SSSR count). The minimum Gasteiger partial charge on any atom is -0.472 e. The fourth-order valence-electron chi connectivity index (χ4n) is 1.30. The maximum absolute atomic E-state index is 11.9. The molecule has 0 aliphatic carbocycles. The number of halogens is 2. The highest BCUT2D eigenvalue weighted by molar-refractivity contribution is 7.89. The number of sulfonamides is 1. The van der Waals surface area contributed by atoms with E-state index in [-0.39, 0.29) is 16.5 Å². The van der Waals surface area contributed by atoms with Crippen LogP contribution in [0.4, 0.5) is 0 Å². The Labute approximate surface area is 115 Å². The summed E-state index contributed by atoms with van der Waals surface area (Å²) in [7, 11) is -3.61. The molecule has 0 saturated heterocycles. The van der Waals surface area contributed by atoms with Crippen molar-refractivity contribution in [3.8, 4) is 0 Å². The largest absolute Gasteiger partial charge is 0.472 e. The van der Waals surface area contributed by atoms with Gasteiger partial charge in [-0.1, -0.05) is 23.2 Å². The molecule has 1 heterocycles. The summed E-state index contributed by atoms with van der Waals surface area (Å²) in [5, 5.41) is 0.508. The van der Waals surface area contributed by atoms with E-state index in [1.807, 2.05) is 0 Å². The van der Waals surface area contributed by atoms with Crippen molar-refractivity contribution in [2.45, 2.75) is 11.4 Å². The summed E-state index contributed by atoms with van der Waals surface area (Å²) in [4.78, 5) is 0.0698. The zero-order valence-electron chi connectivity index (χ0n) is 9.06. The minimum atomic E-state index is -3.61. The normalized spacial score (nSPS) is 11.7. The van der Waals surface area contributed by atoms with Crippen molar-refractivity contribution >= 4 is 33.2 Å². The lowest BCUT2D eigenvalue weighted by Crippen LogP contribution is -2.22. The molecule has 0 unspecified atom stereocenters. The quantitative estimate of drug-likeness (QED) is 0.944. The molecule has 0 aliphatic rings. The van der Waals surface area contributed by atoms with E-state index in [0.29, 0.717) is 5.02 Å². The molecule has 96 valence electrons. The first kappa shape index (κ1) is 13.4. The first-order chi connectivity index (χ1) is 8.49. The second-order valence-electron chi connectivity index (χ2n) is 3.53. The van der Waals surface area contributed by atoms with E-state index in [4.69, 9.17) is 27.6 Å². The number of furan rings is 1. The van der Waals surface area contributed by atoms with Gasteiger partial charge in [-0.25, -0.2) is 13.1 Å². The molecule has 1 aromatic heterocycles. The maximum atomic E-state index is 11.9. The van der Waals surface area contributed by atoms with Gasteiger partial charge in [-0.3, -0.25) is 0 Å². The molecule has 0 aliphatic heterocycles. The first-order valence-electron chi connectivity index (χ1n) is 4.95. The summed E-state index contributed by atoms with van der Waals surface area (Å²) in [6.45, 7) is 0.152. The fraction of sp³-hybridized carbons (Fsp3) is 0.0909. The van der Waals surface area contributed by atoms with Gasteiger partial charge in [0, 0.05) is 12.1 Å². The van der Waals surface area contributed by atoms with Crippen LogP contribution >= 0.6 is 23.2 Å². The van der Waals surface area contributed by atoms with Crippen LogP contribution in [0.5, 0.6) is 0 Å². The molecule has 0 saturated carbocycles. The minimum absolute atomic E-state index is 0.0698. The molecule has 1 aromatic carbocycles. The molecule has 0 amide bonds. The highest BCUT2D eigenvalue weighted by Crippen LogP contribution is 2.24. The van der Waals surface area contributed by atoms with Crippen LogP contribution in [0.2, 0.25) is 10.0 Å². The topological polar surface area (TPSA) is 59.3 Å². The molecule has 4 nitrogen and oxygen atoms in total. The van der Waals surface area contributed by atoms with Crippen molar-refractivity contribution in [3.63, 3.8) is 0 Å². The molecule has 0 bridgehead atoms. The van der Waals surface area contributed by atoms with Crippen LogP contribution in [0.25, 0.3) is 0 Å². The van der Waals surface area contributed by atoms with Crippen LogP contribution in [0.15, 0.2) is 46.1 Å². The lowest BCUT2D eigenvalue weighted by Gasteiger charge is -2.06. The van der Waals surface area contributed by atoms with Crippen molar-refractivity contribution in [3.05, 3.63) is 52.4 Å². The van der Waals surface area contributed by atoms with Gasteiger partial charge in [0.05, 0.1) is 27.5 Å². The number of hydrogen-bond donors (Lipinski definition) is 1. The summed E-state index contributed by atoms with van der Waals surface area (Å²) < 4.78 is 31.2. The molecule has 7 heteroatoms. The summed E-state index contributed by atoms with van der Waals surface area (Å²) in [5.41, 5.74) is 0.735. The van der Waals surface area contributed by atoms with Gasteiger partial charge in [-0.05, 0) is 24.3 Å². The van der Waals surface area contributed by atoms with Crippen molar-refractivity contribution < 1.29 is 12.8 Å². The Morgan fingerprint density at radius 3 is 2.56 bits per heavy atom. The predicted molar refractivity (Wildman–Crippen MR) is 69.2 cm³/mol. The molecular formula is C11H9Cl2NO3S. The molecule has 0 radical (unpaired) electrons. The van der Waals surface area contributed by atoms with E-state index in [0.717, 1.165) is 5.56 Å². The number of nitrogens with one attached hydrogen (secondary N) is 1. The number of rotatable bonds is 4. The van der Waals surface area contributed by atoms with Crippen LogP contribution in [-0.2, 0) is 16.6 Å². The summed E-state index contributed by atoms with van der Waals surface area (Å²) in [5.74, 6) is 0. The van der Waals surface area contributed by atoms with Gasteiger partial charge in [-0.15, -0.1) is 0 Å². The lowest BCUT2D eigenvalue weighted by molar-refractivity contribution is 0.561. The monoisotopic (exact) mass is 305 g/mol. The molecule has 2 aromatic rings. The van der Waals surface area contributed by atoms with Gasteiger partial charge in [0.15, 0.2) is 0 Å². The molecular weight excluding hydrogens is 297 g/mol. The van der Waals surface area contributed by atoms with E-state index < -0.39 is 10.0 Å². The number of benzene rings is 1. The van der Waals surface area contributed by atoms with E-state index in [2.05, 4.69) is 4.72 Å². The third-order valence-corrected chi connectivity index (χ3v) is 4.39. The first-order valence-corrected chi connectivity index (χ1v) is 7.19. The van der Waals surface area contributed by atoms with Gasteiger partial charge >= 0.3 is 0 Å². The van der Waals surface area contributed by atoms with Crippen molar-refractivity contribution in [2.75, 3.05) is 0 Å². The Hall–Kier alpha value is -1.01.